The maximum atomic E-state index is 11.3. The molecule has 1 saturated heterocycles. The van der Waals surface area contributed by atoms with Gasteiger partial charge in [-0.05, 0) is 24.4 Å². The second-order valence-electron chi connectivity index (χ2n) is 2.91. The maximum absolute atomic E-state index is 11.3. The van der Waals surface area contributed by atoms with Crippen molar-refractivity contribution in [2.45, 2.75) is 6.17 Å². The van der Waals surface area contributed by atoms with Crippen LogP contribution in [0.5, 0.6) is 0 Å². The molecule has 1 heterocycles. The van der Waals surface area contributed by atoms with Crippen molar-refractivity contribution in [3.05, 3.63) is 30.3 Å². The van der Waals surface area contributed by atoms with Crippen LogP contribution in [-0.2, 0) is 4.79 Å². The maximum Gasteiger partial charge on any atom is 0.269 e. The quantitative estimate of drug-likeness (QED) is 0.616. The van der Waals surface area contributed by atoms with Crippen molar-refractivity contribution in [3.8, 4) is 0 Å². The molecular formula is C9H9N3OS. The summed E-state index contributed by atoms with van der Waals surface area (Å²) in [5.74, 6) is -0.154. The van der Waals surface area contributed by atoms with E-state index in [4.69, 9.17) is 12.2 Å². The first kappa shape index (κ1) is 8.96. The van der Waals surface area contributed by atoms with Gasteiger partial charge in [-0.25, -0.2) is 0 Å². The first-order valence-electron chi connectivity index (χ1n) is 4.18. The monoisotopic (exact) mass is 207 g/mol. The second-order valence-corrected chi connectivity index (χ2v) is 3.31. The van der Waals surface area contributed by atoms with E-state index in [-0.39, 0.29) is 5.91 Å². The van der Waals surface area contributed by atoms with E-state index in [2.05, 4.69) is 16.0 Å². The summed E-state index contributed by atoms with van der Waals surface area (Å²) < 4.78 is 0. The minimum absolute atomic E-state index is 0.154. The third-order valence-electron chi connectivity index (χ3n) is 1.86. The summed E-state index contributed by atoms with van der Waals surface area (Å²) in [7, 11) is 0. The Bertz CT molecular complexity index is 366. The molecule has 1 aliphatic heterocycles. The van der Waals surface area contributed by atoms with E-state index in [1.165, 1.54) is 0 Å². The lowest BCUT2D eigenvalue weighted by Crippen LogP contribution is -2.36. The molecule has 1 fully saturated rings. The minimum atomic E-state index is -0.468. The highest BCUT2D eigenvalue weighted by molar-refractivity contribution is 7.80. The number of hydrogen-bond donors (Lipinski definition) is 3. The summed E-state index contributed by atoms with van der Waals surface area (Å²) in [6.07, 6.45) is -0.468. The van der Waals surface area contributed by atoms with Crippen LogP contribution in [-0.4, -0.2) is 17.2 Å². The molecule has 1 atom stereocenters. The van der Waals surface area contributed by atoms with E-state index in [9.17, 15) is 4.79 Å². The van der Waals surface area contributed by atoms with Crippen LogP contribution in [0.15, 0.2) is 30.3 Å². The Morgan fingerprint density at radius 2 is 2.00 bits per heavy atom. The van der Waals surface area contributed by atoms with Gasteiger partial charge in [0.1, 0.15) is 0 Å². The number of hydrogen-bond acceptors (Lipinski definition) is 3. The number of rotatable bonds is 2. The number of thiocarbonyl (C=S) groups is 1. The molecule has 0 aliphatic carbocycles. The van der Waals surface area contributed by atoms with Crippen LogP contribution in [0, 0.1) is 0 Å². The first-order valence-corrected chi connectivity index (χ1v) is 4.59. The predicted octanol–water partition coefficient (Wildman–Crippen LogP) is 0.429. The molecule has 0 radical (unpaired) electrons. The fourth-order valence-electron chi connectivity index (χ4n) is 1.22. The molecule has 1 aliphatic rings. The highest BCUT2D eigenvalue weighted by Crippen LogP contribution is 2.07. The van der Waals surface area contributed by atoms with Crippen molar-refractivity contribution in [2.24, 2.45) is 0 Å². The SMILES string of the molecule is O=C1NC(=S)NC1Nc1ccccc1. The minimum Gasteiger partial charge on any atom is -0.358 e. The van der Waals surface area contributed by atoms with Crippen molar-refractivity contribution in [2.75, 3.05) is 5.32 Å². The lowest BCUT2D eigenvalue weighted by Gasteiger charge is -2.11. The summed E-state index contributed by atoms with van der Waals surface area (Å²) in [5.41, 5.74) is 0.879. The molecule has 0 bridgehead atoms. The third-order valence-corrected chi connectivity index (χ3v) is 2.08. The normalized spacial score (nSPS) is 20.1. The van der Waals surface area contributed by atoms with Crippen molar-refractivity contribution in [3.63, 3.8) is 0 Å². The molecule has 72 valence electrons. The van der Waals surface area contributed by atoms with Crippen molar-refractivity contribution < 1.29 is 4.79 Å². The smallest absolute Gasteiger partial charge is 0.269 e. The lowest BCUT2D eigenvalue weighted by molar-refractivity contribution is -0.119. The Morgan fingerprint density at radius 3 is 2.57 bits per heavy atom. The van der Waals surface area contributed by atoms with E-state index in [1.807, 2.05) is 30.3 Å². The van der Waals surface area contributed by atoms with Gasteiger partial charge >= 0.3 is 0 Å². The van der Waals surface area contributed by atoms with Crippen LogP contribution in [0.1, 0.15) is 0 Å². The molecule has 0 saturated carbocycles. The van der Waals surface area contributed by atoms with E-state index in [0.717, 1.165) is 5.69 Å². The van der Waals surface area contributed by atoms with Gasteiger partial charge < -0.3 is 10.6 Å². The van der Waals surface area contributed by atoms with Crippen LogP contribution < -0.4 is 16.0 Å². The van der Waals surface area contributed by atoms with Crippen LogP contribution in [0.25, 0.3) is 0 Å². The van der Waals surface area contributed by atoms with Crippen LogP contribution in [0.2, 0.25) is 0 Å². The van der Waals surface area contributed by atoms with Gasteiger partial charge in [0.15, 0.2) is 11.3 Å². The van der Waals surface area contributed by atoms with Crippen LogP contribution >= 0.6 is 12.2 Å². The molecule has 0 spiro atoms. The summed E-state index contributed by atoms with van der Waals surface area (Å²) in [6, 6.07) is 9.48. The zero-order valence-electron chi connectivity index (χ0n) is 7.28. The van der Waals surface area contributed by atoms with Gasteiger partial charge in [-0.2, -0.15) is 0 Å². The molecule has 0 aromatic heterocycles. The van der Waals surface area contributed by atoms with Gasteiger partial charge in [-0.3, -0.25) is 10.1 Å². The molecule has 1 aromatic carbocycles. The van der Waals surface area contributed by atoms with Crippen molar-refractivity contribution in [1.82, 2.24) is 10.6 Å². The van der Waals surface area contributed by atoms with Crippen molar-refractivity contribution in [1.29, 1.82) is 0 Å². The average Bonchev–Trinajstić information content (AvgIpc) is 2.47. The Morgan fingerprint density at radius 1 is 1.29 bits per heavy atom. The fourth-order valence-corrected chi connectivity index (χ4v) is 1.44. The van der Waals surface area contributed by atoms with Crippen molar-refractivity contribution >= 4 is 28.9 Å². The van der Waals surface area contributed by atoms with Gasteiger partial charge in [-0.15, -0.1) is 0 Å². The van der Waals surface area contributed by atoms with Gasteiger partial charge in [0, 0.05) is 5.69 Å². The Balaban J connectivity index is 2.05. The summed E-state index contributed by atoms with van der Waals surface area (Å²) in [5, 5.41) is 8.69. The van der Waals surface area contributed by atoms with Gasteiger partial charge in [0.05, 0.1) is 0 Å². The third kappa shape index (κ3) is 1.82. The zero-order chi connectivity index (χ0) is 9.97. The predicted molar refractivity (Wildman–Crippen MR) is 57.7 cm³/mol. The number of amides is 1. The number of para-hydroxylation sites is 1. The van der Waals surface area contributed by atoms with E-state index >= 15 is 0 Å². The molecule has 5 heteroatoms. The van der Waals surface area contributed by atoms with E-state index < -0.39 is 6.17 Å². The van der Waals surface area contributed by atoms with Gasteiger partial charge in [0.2, 0.25) is 0 Å². The van der Waals surface area contributed by atoms with Gasteiger partial charge in [0.25, 0.3) is 5.91 Å². The summed E-state index contributed by atoms with van der Waals surface area (Å²) >= 11 is 4.81. The number of carbonyl (C=O) groups is 1. The molecule has 3 N–H and O–H groups in total. The first-order chi connectivity index (χ1) is 6.75. The number of anilines is 1. The van der Waals surface area contributed by atoms with E-state index in [1.54, 1.807) is 0 Å². The fraction of sp³-hybridized carbons (Fsp3) is 0.111. The molecule has 1 amide bonds. The molecule has 14 heavy (non-hydrogen) atoms. The van der Waals surface area contributed by atoms with Crippen LogP contribution in [0.3, 0.4) is 0 Å². The highest BCUT2D eigenvalue weighted by Gasteiger charge is 2.26. The second kappa shape index (κ2) is 3.63. The molecule has 2 rings (SSSR count). The standard InChI is InChI=1S/C9H9N3OS/c13-8-7(11-9(14)12-8)10-6-4-2-1-3-5-6/h1-5,7,10H,(H2,11,12,13,14). The number of benzene rings is 1. The number of nitrogens with one attached hydrogen (secondary N) is 3. The molecule has 1 unspecified atom stereocenters. The van der Waals surface area contributed by atoms with E-state index in [0.29, 0.717) is 5.11 Å². The van der Waals surface area contributed by atoms with Gasteiger partial charge in [-0.1, -0.05) is 18.2 Å². The Labute approximate surface area is 86.7 Å². The molecular weight excluding hydrogens is 198 g/mol. The number of carbonyl (C=O) groups excluding carboxylic acids is 1. The van der Waals surface area contributed by atoms with Crippen LogP contribution in [0.4, 0.5) is 5.69 Å². The Hall–Kier alpha value is -1.62. The Kier molecular flexibility index (Phi) is 2.32. The summed E-state index contributed by atoms with van der Waals surface area (Å²) in [4.78, 5) is 11.3. The lowest BCUT2D eigenvalue weighted by atomic mass is 10.3. The molecule has 1 aromatic rings. The topological polar surface area (TPSA) is 53.2 Å². The summed E-state index contributed by atoms with van der Waals surface area (Å²) in [6.45, 7) is 0. The molecule has 4 nitrogen and oxygen atoms in total. The highest BCUT2D eigenvalue weighted by atomic mass is 32.1. The average molecular weight is 207 g/mol. The zero-order valence-corrected chi connectivity index (χ0v) is 8.10. The largest absolute Gasteiger partial charge is 0.358 e.